The first-order chi connectivity index (χ1) is 11.3. The largest absolute Gasteiger partial charge is 0.368 e. The van der Waals surface area contributed by atoms with Crippen molar-refractivity contribution in [2.75, 3.05) is 37.6 Å². The average molecular weight is 327 g/mol. The van der Waals surface area contributed by atoms with Gasteiger partial charge in [0.1, 0.15) is 0 Å². The minimum atomic E-state index is 0.790. The molecule has 2 aliphatic rings. The van der Waals surface area contributed by atoms with Gasteiger partial charge < -0.3 is 4.90 Å². The van der Waals surface area contributed by atoms with Gasteiger partial charge in [0.05, 0.1) is 10.7 Å². The van der Waals surface area contributed by atoms with Crippen LogP contribution < -0.4 is 4.90 Å². The van der Waals surface area contributed by atoms with Crippen LogP contribution in [0.15, 0.2) is 54.6 Å². The van der Waals surface area contributed by atoms with Gasteiger partial charge in [-0.1, -0.05) is 54.1 Å². The van der Waals surface area contributed by atoms with Crippen molar-refractivity contribution < 1.29 is 0 Å². The second-order valence-electron chi connectivity index (χ2n) is 6.75. The molecule has 2 aromatic rings. The topological polar surface area (TPSA) is 6.48 Å². The van der Waals surface area contributed by atoms with E-state index < -0.39 is 0 Å². The number of halogens is 1. The Kier molecular flexibility index (Phi) is 4.28. The number of piperazine rings is 1. The van der Waals surface area contributed by atoms with Gasteiger partial charge in [-0.05, 0) is 36.0 Å². The Morgan fingerprint density at radius 2 is 1.57 bits per heavy atom. The molecule has 0 bridgehead atoms. The van der Waals surface area contributed by atoms with E-state index in [9.17, 15) is 0 Å². The standard InChI is InChI=1S/C20H23ClN2/c21-19-8-4-5-9-20(19)23-12-10-22(11-13-23)15-17-14-18(17)16-6-2-1-3-7-16/h1-9,17-18H,10-15H2. The van der Waals surface area contributed by atoms with Gasteiger partial charge in [-0.2, -0.15) is 0 Å². The van der Waals surface area contributed by atoms with Gasteiger partial charge in [-0.15, -0.1) is 0 Å². The third-order valence-corrected chi connectivity index (χ3v) is 5.53. The summed E-state index contributed by atoms with van der Waals surface area (Å²) in [4.78, 5) is 5.04. The monoisotopic (exact) mass is 326 g/mol. The van der Waals surface area contributed by atoms with Crippen LogP contribution in [0, 0.1) is 5.92 Å². The molecule has 2 fully saturated rings. The van der Waals surface area contributed by atoms with Gasteiger partial charge in [0.25, 0.3) is 0 Å². The quantitative estimate of drug-likeness (QED) is 0.828. The van der Waals surface area contributed by atoms with Gasteiger partial charge in [0.15, 0.2) is 0 Å². The van der Waals surface area contributed by atoms with Crippen molar-refractivity contribution in [1.29, 1.82) is 0 Å². The lowest BCUT2D eigenvalue weighted by Gasteiger charge is -2.36. The highest BCUT2D eigenvalue weighted by atomic mass is 35.5. The van der Waals surface area contributed by atoms with Crippen LogP contribution in [-0.2, 0) is 0 Å². The molecule has 2 atom stereocenters. The zero-order valence-electron chi connectivity index (χ0n) is 13.4. The first-order valence-electron chi connectivity index (χ1n) is 8.58. The molecule has 23 heavy (non-hydrogen) atoms. The molecule has 2 nitrogen and oxygen atoms in total. The molecule has 0 N–H and O–H groups in total. The molecule has 0 spiro atoms. The Hall–Kier alpha value is -1.51. The Labute approximate surface area is 143 Å². The van der Waals surface area contributed by atoms with Gasteiger partial charge in [-0.3, -0.25) is 4.90 Å². The van der Waals surface area contributed by atoms with Crippen molar-refractivity contribution in [2.45, 2.75) is 12.3 Å². The maximum Gasteiger partial charge on any atom is 0.0639 e. The molecule has 2 unspecified atom stereocenters. The smallest absolute Gasteiger partial charge is 0.0639 e. The molecule has 1 aliphatic heterocycles. The number of anilines is 1. The third-order valence-electron chi connectivity index (χ3n) is 5.21. The summed E-state index contributed by atoms with van der Waals surface area (Å²) < 4.78 is 0. The molecular formula is C20H23ClN2. The minimum absolute atomic E-state index is 0.790. The normalized spacial score (nSPS) is 24.7. The van der Waals surface area contributed by atoms with E-state index in [1.54, 1.807) is 0 Å². The van der Waals surface area contributed by atoms with Crippen molar-refractivity contribution in [2.24, 2.45) is 5.92 Å². The number of hydrogen-bond donors (Lipinski definition) is 0. The van der Waals surface area contributed by atoms with Crippen LogP contribution in [-0.4, -0.2) is 37.6 Å². The van der Waals surface area contributed by atoms with Gasteiger partial charge in [0, 0.05) is 32.7 Å². The number of para-hydroxylation sites is 1. The molecule has 1 aliphatic carbocycles. The van der Waals surface area contributed by atoms with E-state index >= 15 is 0 Å². The Morgan fingerprint density at radius 3 is 2.30 bits per heavy atom. The molecule has 0 aromatic heterocycles. The van der Waals surface area contributed by atoms with E-state index in [2.05, 4.69) is 52.3 Å². The number of nitrogens with zero attached hydrogens (tertiary/aromatic N) is 2. The molecule has 2 aromatic carbocycles. The van der Waals surface area contributed by atoms with Gasteiger partial charge in [0.2, 0.25) is 0 Å². The fourth-order valence-electron chi connectivity index (χ4n) is 3.77. The maximum atomic E-state index is 6.32. The number of hydrogen-bond acceptors (Lipinski definition) is 2. The molecule has 0 amide bonds. The summed E-state index contributed by atoms with van der Waals surface area (Å²) in [6, 6.07) is 19.2. The van der Waals surface area contributed by atoms with Crippen LogP contribution in [0.5, 0.6) is 0 Å². The Morgan fingerprint density at radius 1 is 0.870 bits per heavy atom. The summed E-state index contributed by atoms with van der Waals surface area (Å²) >= 11 is 6.32. The van der Waals surface area contributed by atoms with Crippen molar-refractivity contribution in [1.82, 2.24) is 4.90 Å². The number of rotatable bonds is 4. The molecule has 1 saturated heterocycles. The van der Waals surface area contributed by atoms with Gasteiger partial charge in [-0.25, -0.2) is 0 Å². The Balaban J connectivity index is 1.29. The fraction of sp³-hybridized carbons (Fsp3) is 0.400. The van der Waals surface area contributed by atoms with Crippen LogP contribution in [0.25, 0.3) is 0 Å². The first-order valence-corrected chi connectivity index (χ1v) is 8.96. The second kappa shape index (κ2) is 6.54. The summed E-state index contributed by atoms with van der Waals surface area (Å²) in [5.74, 6) is 1.64. The van der Waals surface area contributed by atoms with Crippen LogP contribution >= 0.6 is 11.6 Å². The zero-order chi connectivity index (χ0) is 15.6. The fourth-order valence-corrected chi connectivity index (χ4v) is 4.02. The van der Waals surface area contributed by atoms with Crippen molar-refractivity contribution in [3.63, 3.8) is 0 Å². The third kappa shape index (κ3) is 3.39. The van der Waals surface area contributed by atoms with E-state index in [0.29, 0.717) is 0 Å². The number of benzene rings is 2. The predicted molar refractivity (Wildman–Crippen MR) is 97.4 cm³/mol. The maximum absolute atomic E-state index is 6.32. The zero-order valence-corrected chi connectivity index (χ0v) is 14.1. The minimum Gasteiger partial charge on any atom is -0.368 e. The summed E-state index contributed by atoms with van der Waals surface area (Å²) in [5, 5.41) is 0.868. The molecule has 1 saturated carbocycles. The average Bonchev–Trinajstić information content (AvgIpc) is 3.36. The molecular weight excluding hydrogens is 304 g/mol. The van der Waals surface area contributed by atoms with Crippen LogP contribution in [0.1, 0.15) is 17.9 Å². The van der Waals surface area contributed by atoms with Crippen LogP contribution in [0.2, 0.25) is 5.02 Å². The van der Waals surface area contributed by atoms with E-state index in [1.807, 2.05) is 12.1 Å². The second-order valence-corrected chi connectivity index (χ2v) is 7.16. The molecule has 1 heterocycles. The van der Waals surface area contributed by atoms with Crippen molar-refractivity contribution >= 4 is 17.3 Å². The Bertz CT molecular complexity index is 650. The highest BCUT2D eigenvalue weighted by Crippen LogP contribution is 2.47. The predicted octanol–water partition coefficient (Wildman–Crippen LogP) is 4.27. The summed E-state index contributed by atoms with van der Waals surface area (Å²) in [6.45, 7) is 5.68. The van der Waals surface area contributed by atoms with Gasteiger partial charge >= 0.3 is 0 Å². The lowest BCUT2D eigenvalue weighted by molar-refractivity contribution is 0.246. The molecule has 120 valence electrons. The highest BCUT2D eigenvalue weighted by molar-refractivity contribution is 6.33. The first kappa shape index (κ1) is 15.0. The van der Waals surface area contributed by atoms with Crippen molar-refractivity contribution in [3.05, 3.63) is 65.2 Å². The highest BCUT2D eigenvalue weighted by Gasteiger charge is 2.39. The molecule has 0 radical (unpaired) electrons. The van der Waals surface area contributed by atoms with E-state index in [-0.39, 0.29) is 0 Å². The lowest BCUT2D eigenvalue weighted by atomic mass is 10.1. The molecule has 3 heteroatoms. The van der Waals surface area contributed by atoms with E-state index in [4.69, 9.17) is 11.6 Å². The van der Waals surface area contributed by atoms with Crippen LogP contribution in [0.4, 0.5) is 5.69 Å². The summed E-state index contributed by atoms with van der Waals surface area (Å²) in [5.41, 5.74) is 2.70. The summed E-state index contributed by atoms with van der Waals surface area (Å²) in [6.07, 6.45) is 1.36. The van der Waals surface area contributed by atoms with E-state index in [1.165, 1.54) is 24.2 Å². The SMILES string of the molecule is Clc1ccccc1N1CCN(CC2CC2c2ccccc2)CC1. The van der Waals surface area contributed by atoms with E-state index in [0.717, 1.165) is 43.0 Å². The van der Waals surface area contributed by atoms with Crippen molar-refractivity contribution in [3.8, 4) is 0 Å². The summed E-state index contributed by atoms with van der Waals surface area (Å²) in [7, 11) is 0. The van der Waals surface area contributed by atoms with Crippen LogP contribution in [0.3, 0.4) is 0 Å². The lowest BCUT2D eigenvalue weighted by Crippen LogP contribution is -2.47. The molecule has 4 rings (SSSR count).